The molecule has 0 saturated heterocycles. The number of ether oxygens (including phenoxy) is 1. The van der Waals surface area contributed by atoms with Gasteiger partial charge in [0.05, 0.1) is 0 Å². The van der Waals surface area contributed by atoms with Crippen LogP contribution < -0.4 is 0 Å². The second kappa shape index (κ2) is 6.68. The van der Waals surface area contributed by atoms with Gasteiger partial charge >= 0.3 is 5.97 Å². The van der Waals surface area contributed by atoms with Crippen LogP contribution in [0.3, 0.4) is 0 Å². The highest BCUT2D eigenvalue weighted by Crippen LogP contribution is 1.91. The molecule has 0 saturated carbocycles. The number of aliphatic hydroxyl groups is 1. The largest absolute Gasteiger partial charge is 0.382 e. The minimum absolute atomic E-state index is 0.695. The lowest BCUT2D eigenvalue weighted by atomic mass is 10.3. The normalized spacial score (nSPS) is 11.2. The molecule has 0 spiro atoms. The predicted octanol–water partition coefficient (Wildman–Crippen LogP) is 1.06. The van der Waals surface area contributed by atoms with E-state index in [-0.39, 0.29) is 0 Å². The summed E-state index contributed by atoms with van der Waals surface area (Å²) in [6, 6.07) is 0. The average molecular weight is 170 g/mol. The van der Waals surface area contributed by atoms with Crippen LogP contribution >= 0.6 is 0 Å². The maximum atomic E-state index is 10.6. The first-order chi connectivity index (χ1) is 5.68. The van der Waals surface area contributed by atoms with Gasteiger partial charge in [-0.05, 0) is 13.3 Å². The van der Waals surface area contributed by atoms with E-state index in [1.54, 1.807) is 0 Å². The molecule has 0 aromatic carbocycles. The molecule has 1 N–H and O–H groups in total. The zero-order valence-electron chi connectivity index (χ0n) is 7.46. The van der Waals surface area contributed by atoms with Crippen LogP contribution in [-0.4, -0.2) is 17.2 Å². The van der Waals surface area contributed by atoms with Crippen molar-refractivity contribution in [1.29, 1.82) is 0 Å². The van der Waals surface area contributed by atoms with Crippen LogP contribution in [0.15, 0.2) is 0 Å². The number of carbonyl (C=O) groups excluding carboxylic acids is 1. The Morgan fingerprint density at radius 2 is 2.33 bits per heavy atom. The van der Waals surface area contributed by atoms with Crippen LogP contribution in [0.1, 0.15) is 33.1 Å². The first kappa shape index (κ1) is 11.0. The van der Waals surface area contributed by atoms with E-state index in [0.717, 1.165) is 19.3 Å². The van der Waals surface area contributed by atoms with Gasteiger partial charge in [0.2, 0.25) is 0 Å². The summed E-state index contributed by atoms with van der Waals surface area (Å²) >= 11 is 0. The van der Waals surface area contributed by atoms with Crippen molar-refractivity contribution >= 4 is 5.97 Å². The second-order valence-electron chi connectivity index (χ2n) is 2.48. The zero-order chi connectivity index (χ0) is 9.40. The SMILES string of the molecule is CCCCC#COC(=O)C(C)O. The van der Waals surface area contributed by atoms with E-state index in [2.05, 4.69) is 23.7 Å². The van der Waals surface area contributed by atoms with E-state index >= 15 is 0 Å². The Bertz CT molecular complexity index is 186. The van der Waals surface area contributed by atoms with Crippen molar-refractivity contribution in [2.24, 2.45) is 0 Å². The molecule has 1 unspecified atom stereocenters. The molecule has 0 amide bonds. The summed E-state index contributed by atoms with van der Waals surface area (Å²) in [4.78, 5) is 10.6. The first-order valence-electron chi connectivity index (χ1n) is 4.05. The Morgan fingerprint density at radius 3 is 2.83 bits per heavy atom. The quantitative estimate of drug-likeness (QED) is 0.391. The third-order valence-electron chi connectivity index (χ3n) is 1.22. The summed E-state index contributed by atoms with van der Waals surface area (Å²) in [7, 11) is 0. The van der Waals surface area contributed by atoms with E-state index in [1.165, 1.54) is 6.92 Å². The van der Waals surface area contributed by atoms with E-state index < -0.39 is 12.1 Å². The maximum absolute atomic E-state index is 10.6. The van der Waals surface area contributed by atoms with Gasteiger partial charge in [0.25, 0.3) is 0 Å². The van der Waals surface area contributed by atoms with Crippen molar-refractivity contribution in [3.8, 4) is 12.0 Å². The second-order valence-corrected chi connectivity index (χ2v) is 2.48. The van der Waals surface area contributed by atoms with Gasteiger partial charge in [-0.25, -0.2) is 4.79 Å². The molecule has 0 heterocycles. The van der Waals surface area contributed by atoms with Gasteiger partial charge in [-0.3, -0.25) is 0 Å². The van der Waals surface area contributed by atoms with Crippen LogP contribution in [0.5, 0.6) is 0 Å². The topological polar surface area (TPSA) is 46.5 Å². The standard InChI is InChI=1S/C9H14O3/c1-3-4-5-6-7-12-9(11)8(2)10/h8,10H,3-5H2,1-2H3. The van der Waals surface area contributed by atoms with Gasteiger partial charge in [-0.1, -0.05) is 19.3 Å². The highest BCUT2D eigenvalue weighted by atomic mass is 16.5. The molecule has 0 radical (unpaired) electrons. The van der Waals surface area contributed by atoms with Crippen LogP contribution in [-0.2, 0) is 9.53 Å². The Kier molecular flexibility index (Phi) is 6.12. The molecule has 0 aliphatic heterocycles. The van der Waals surface area contributed by atoms with E-state index in [4.69, 9.17) is 5.11 Å². The van der Waals surface area contributed by atoms with E-state index in [0.29, 0.717) is 0 Å². The Morgan fingerprint density at radius 1 is 1.67 bits per heavy atom. The summed E-state index contributed by atoms with van der Waals surface area (Å²) in [5.74, 6) is 1.97. The summed E-state index contributed by atoms with van der Waals surface area (Å²) in [6.07, 6.45) is 3.94. The van der Waals surface area contributed by atoms with Crippen molar-refractivity contribution in [3.63, 3.8) is 0 Å². The number of rotatable bonds is 3. The van der Waals surface area contributed by atoms with Crippen molar-refractivity contribution in [2.75, 3.05) is 0 Å². The molecule has 0 fully saturated rings. The van der Waals surface area contributed by atoms with E-state index in [9.17, 15) is 4.79 Å². The highest BCUT2D eigenvalue weighted by molar-refractivity contribution is 5.74. The average Bonchev–Trinajstić information content (AvgIpc) is 2.03. The lowest BCUT2D eigenvalue weighted by molar-refractivity contribution is -0.145. The summed E-state index contributed by atoms with van der Waals surface area (Å²) < 4.78 is 4.40. The van der Waals surface area contributed by atoms with Crippen LogP contribution in [0, 0.1) is 12.0 Å². The molecule has 3 nitrogen and oxygen atoms in total. The van der Waals surface area contributed by atoms with Gasteiger partial charge in [-0.15, -0.1) is 0 Å². The predicted molar refractivity (Wildman–Crippen MR) is 45.1 cm³/mol. The van der Waals surface area contributed by atoms with Crippen molar-refractivity contribution in [3.05, 3.63) is 0 Å². The molecule has 0 rings (SSSR count). The number of aliphatic hydroxyl groups excluding tert-OH is 1. The molecule has 0 aliphatic rings. The zero-order valence-corrected chi connectivity index (χ0v) is 7.46. The lowest BCUT2D eigenvalue weighted by Gasteiger charge is -1.96. The Hall–Kier alpha value is -1.01. The van der Waals surface area contributed by atoms with Gasteiger partial charge in [0.15, 0.2) is 0 Å². The van der Waals surface area contributed by atoms with Gasteiger partial charge in [0, 0.05) is 6.42 Å². The molecule has 0 aromatic heterocycles. The Balaban J connectivity index is 3.50. The summed E-state index contributed by atoms with van der Waals surface area (Å²) in [5.41, 5.74) is 0. The lowest BCUT2D eigenvalue weighted by Crippen LogP contribution is -2.16. The first-order valence-corrected chi connectivity index (χ1v) is 4.05. The molecule has 0 aliphatic carbocycles. The maximum Gasteiger partial charge on any atom is 0.348 e. The summed E-state index contributed by atoms with van der Waals surface area (Å²) in [5, 5.41) is 8.68. The minimum Gasteiger partial charge on any atom is -0.382 e. The Labute approximate surface area is 72.7 Å². The molecular formula is C9H14O3. The smallest absolute Gasteiger partial charge is 0.348 e. The highest BCUT2D eigenvalue weighted by Gasteiger charge is 2.07. The number of carbonyl (C=O) groups is 1. The molecule has 12 heavy (non-hydrogen) atoms. The monoisotopic (exact) mass is 170 g/mol. The van der Waals surface area contributed by atoms with Gasteiger partial charge in [-0.2, -0.15) is 0 Å². The fourth-order valence-corrected chi connectivity index (χ4v) is 0.488. The number of unbranched alkanes of at least 4 members (excludes halogenated alkanes) is 2. The minimum atomic E-state index is -1.09. The van der Waals surface area contributed by atoms with Crippen molar-refractivity contribution in [2.45, 2.75) is 39.2 Å². The third kappa shape index (κ3) is 5.75. The molecule has 1 atom stereocenters. The molecule has 68 valence electrons. The molecule has 0 bridgehead atoms. The molecule has 0 aromatic rings. The fraction of sp³-hybridized carbons (Fsp3) is 0.667. The van der Waals surface area contributed by atoms with Crippen LogP contribution in [0.2, 0.25) is 0 Å². The number of esters is 1. The number of hydrogen-bond donors (Lipinski definition) is 1. The summed E-state index contributed by atoms with van der Waals surface area (Å²) in [6.45, 7) is 3.40. The number of hydrogen-bond acceptors (Lipinski definition) is 3. The van der Waals surface area contributed by atoms with Gasteiger partial charge in [0.1, 0.15) is 12.2 Å². The van der Waals surface area contributed by atoms with Gasteiger partial charge < -0.3 is 9.84 Å². The third-order valence-corrected chi connectivity index (χ3v) is 1.22. The fourth-order valence-electron chi connectivity index (χ4n) is 0.488. The molecule has 3 heteroatoms. The van der Waals surface area contributed by atoms with Crippen LogP contribution in [0.4, 0.5) is 0 Å². The van der Waals surface area contributed by atoms with E-state index in [1.807, 2.05) is 0 Å². The van der Waals surface area contributed by atoms with Crippen LogP contribution in [0.25, 0.3) is 0 Å². The van der Waals surface area contributed by atoms with Crippen molar-refractivity contribution < 1.29 is 14.6 Å². The van der Waals surface area contributed by atoms with Crippen molar-refractivity contribution in [1.82, 2.24) is 0 Å². The molecular weight excluding hydrogens is 156 g/mol.